The van der Waals surface area contributed by atoms with E-state index in [1.165, 1.54) is 0 Å². The Morgan fingerprint density at radius 2 is 2.11 bits per heavy atom. The Labute approximate surface area is 105 Å². The molecule has 0 spiro atoms. The van der Waals surface area contributed by atoms with Crippen molar-refractivity contribution in [2.45, 2.75) is 6.54 Å². The maximum Gasteiger partial charge on any atom is 0.256 e. The fraction of sp³-hybridized carbons (Fsp3) is 0.250. The van der Waals surface area contributed by atoms with Crippen molar-refractivity contribution in [1.82, 2.24) is 20.1 Å². The van der Waals surface area contributed by atoms with Gasteiger partial charge in [-0.3, -0.25) is 14.9 Å². The van der Waals surface area contributed by atoms with E-state index in [2.05, 4.69) is 20.5 Å². The van der Waals surface area contributed by atoms with E-state index in [0.717, 1.165) is 12.2 Å². The molecule has 0 aliphatic rings. The summed E-state index contributed by atoms with van der Waals surface area (Å²) in [4.78, 5) is 17.7. The van der Waals surface area contributed by atoms with Gasteiger partial charge in [-0.15, -0.1) is 0 Å². The lowest BCUT2D eigenvalue weighted by Crippen LogP contribution is -2.12. The highest BCUT2D eigenvalue weighted by Crippen LogP contribution is 2.08. The number of aromatic nitrogens is 3. The molecule has 1 amide bonds. The molecule has 0 saturated carbocycles. The van der Waals surface area contributed by atoms with Crippen LogP contribution in [0, 0.1) is 0 Å². The Morgan fingerprint density at radius 1 is 1.39 bits per heavy atom. The number of hydrogen-bond acceptors (Lipinski definition) is 4. The fourth-order valence-electron chi connectivity index (χ4n) is 1.54. The van der Waals surface area contributed by atoms with Gasteiger partial charge in [-0.2, -0.15) is 5.10 Å². The number of anilines is 1. The first-order valence-electron chi connectivity index (χ1n) is 5.55. The molecule has 0 aliphatic carbocycles. The van der Waals surface area contributed by atoms with Crippen LogP contribution in [0.15, 0.2) is 30.6 Å². The number of carbonyl (C=O) groups is 1. The molecule has 0 saturated heterocycles. The molecule has 6 heteroatoms. The molecule has 6 nitrogen and oxygen atoms in total. The minimum Gasteiger partial charge on any atom is -0.305 e. The predicted molar refractivity (Wildman–Crippen MR) is 68.2 cm³/mol. The van der Waals surface area contributed by atoms with Crippen molar-refractivity contribution in [2.75, 3.05) is 19.4 Å². The van der Waals surface area contributed by atoms with E-state index in [0.29, 0.717) is 11.4 Å². The van der Waals surface area contributed by atoms with Crippen LogP contribution in [0.25, 0.3) is 0 Å². The van der Waals surface area contributed by atoms with Gasteiger partial charge in [-0.1, -0.05) is 0 Å². The zero-order valence-electron chi connectivity index (χ0n) is 10.3. The number of amides is 1. The molecule has 2 aromatic heterocycles. The Bertz CT molecular complexity index is 520. The van der Waals surface area contributed by atoms with Crippen LogP contribution in [0.1, 0.15) is 16.1 Å². The zero-order valence-corrected chi connectivity index (χ0v) is 10.3. The summed E-state index contributed by atoms with van der Waals surface area (Å²) in [5.41, 5.74) is 1.51. The summed E-state index contributed by atoms with van der Waals surface area (Å²) in [6.07, 6.45) is 3.16. The van der Waals surface area contributed by atoms with Crippen molar-refractivity contribution in [3.8, 4) is 0 Å². The quantitative estimate of drug-likeness (QED) is 0.846. The van der Waals surface area contributed by atoms with E-state index < -0.39 is 0 Å². The van der Waals surface area contributed by atoms with Crippen LogP contribution in [0.3, 0.4) is 0 Å². The molecule has 0 bridgehead atoms. The van der Waals surface area contributed by atoms with Crippen molar-refractivity contribution < 1.29 is 4.79 Å². The summed E-state index contributed by atoms with van der Waals surface area (Å²) in [5.74, 6) is 0.328. The highest BCUT2D eigenvalue weighted by Gasteiger charge is 2.08. The van der Waals surface area contributed by atoms with E-state index in [4.69, 9.17) is 0 Å². The summed E-state index contributed by atoms with van der Waals surface area (Å²) < 4.78 is 0. The summed E-state index contributed by atoms with van der Waals surface area (Å²) in [6.45, 7) is 0.748. The smallest absolute Gasteiger partial charge is 0.256 e. The summed E-state index contributed by atoms with van der Waals surface area (Å²) in [7, 11) is 3.94. The monoisotopic (exact) mass is 245 g/mol. The summed E-state index contributed by atoms with van der Waals surface area (Å²) >= 11 is 0. The van der Waals surface area contributed by atoms with Gasteiger partial charge in [0.15, 0.2) is 5.82 Å². The number of hydrogen-bond donors (Lipinski definition) is 2. The molecule has 0 radical (unpaired) electrons. The van der Waals surface area contributed by atoms with Crippen LogP contribution in [0.4, 0.5) is 5.82 Å². The maximum absolute atomic E-state index is 11.8. The average molecular weight is 245 g/mol. The van der Waals surface area contributed by atoms with Crippen LogP contribution in [-0.4, -0.2) is 40.1 Å². The Morgan fingerprint density at radius 3 is 2.78 bits per heavy atom. The molecule has 94 valence electrons. The molecule has 0 aliphatic heterocycles. The van der Waals surface area contributed by atoms with E-state index in [1.807, 2.05) is 25.1 Å². The Hall–Kier alpha value is -2.21. The van der Waals surface area contributed by atoms with Crippen LogP contribution in [0.5, 0.6) is 0 Å². The van der Waals surface area contributed by atoms with Crippen molar-refractivity contribution in [3.63, 3.8) is 0 Å². The lowest BCUT2D eigenvalue weighted by atomic mass is 10.2. The Balaban J connectivity index is 2.01. The fourth-order valence-corrected chi connectivity index (χ4v) is 1.54. The number of rotatable bonds is 4. The van der Waals surface area contributed by atoms with Gasteiger partial charge in [-0.25, -0.2) is 0 Å². The molecular weight excluding hydrogens is 230 g/mol. The van der Waals surface area contributed by atoms with Crippen LogP contribution in [0.2, 0.25) is 0 Å². The van der Waals surface area contributed by atoms with Gasteiger partial charge in [-0.05, 0) is 26.2 Å². The molecule has 0 atom stereocenters. The molecule has 2 aromatic rings. The molecule has 0 fully saturated rings. The first-order valence-corrected chi connectivity index (χ1v) is 5.55. The van der Waals surface area contributed by atoms with Gasteiger partial charge in [0.2, 0.25) is 0 Å². The van der Waals surface area contributed by atoms with Crippen LogP contribution >= 0.6 is 0 Å². The lowest BCUT2D eigenvalue weighted by molar-refractivity contribution is 0.102. The average Bonchev–Trinajstić information content (AvgIpc) is 2.76. The summed E-state index contributed by atoms with van der Waals surface area (Å²) in [5, 5.41) is 9.63. The third kappa shape index (κ3) is 3.14. The predicted octanol–water partition coefficient (Wildman–Crippen LogP) is 1.12. The lowest BCUT2D eigenvalue weighted by Gasteiger charge is -2.05. The number of aromatic amines is 1. The van der Waals surface area contributed by atoms with Crippen molar-refractivity contribution in [1.29, 1.82) is 0 Å². The second-order valence-electron chi connectivity index (χ2n) is 4.21. The molecular formula is C12H15N5O. The van der Waals surface area contributed by atoms with Gasteiger partial charge < -0.3 is 10.2 Å². The van der Waals surface area contributed by atoms with E-state index >= 15 is 0 Å². The van der Waals surface area contributed by atoms with E-state index in [-0.39, 0.29) is 5.91 Å². The third-order valence-corrected chi connectivity index (χ3v) is 2.30. The van der Waals surface area contributed by atoms with Crippen molar-refractivity contribution >= 4 is 11.7 Å². The summed E-state index contributed by atoms with van der Waals surface area (Å²) in [6, 6.07) is 5.13. The van der Waals surface area contributed by atoms with Gasteiger partial charge in [0.25, 0.3) is 5.91 Å². The zero-order chi connectivity index (χ0) is 13.0. The van der Waals surface area contributed by atoms with E-state index in [9.17, 15) is 4.79 Å². The topological polar surface area (TPSA) is 73.9 Å². The number of nitrogens with zero attached hydrogens (tertiary/aromatic N) is 3. The molecule has 2 N–H and O–H groups in total. The SMILES string of the molecule is CN(C)Cc1cc(NC(=O)c2ccncc2)n[nH]1. The van der Waals surface area contributed by atoms with Gasteiger partial charge in [0, 0.05) is 30.6 Å². The first-order chi connectivity index (χ1) is 8.65. The largest absolute Gasteiger partial charge is 0.305 e. The number of carbonyl (C=O) groups excluding carboxylic acids is 1. The Kier molecular flexibility index (Phi) is 3.69. The van der Waals surface area contributed by atoms with Crippen molar-refractivity contribution in [3.05, 3.63) is 41.9 Å². The number of nitrogens with one attached hydrogen (secondary N) is 2. The molecule has 0 unspecified atom stereocenters. The number of pyridine rings is 1. The second kappa shape index (κ2) is 5.42. The minimum absolute atomic E-state index is 0.194. The number of H-pyrrole nitrogens is 1. The normalized spacial score (nSPS) is 10.6. The van der Waals surface area contributed by atoms with Gasteiger partial charge in [0.05, 0.1) is 5.69 Å². The molecule has 2 rings (SSSR count). The van der Waals surface area contributed by atoms with Gasteiger partial charge in [0.1, 0.15) is 0 Å². The second-order valence-corrected chi connectivity index (χ2v) is 4.21. The van der Waals surface area contributed by atoms with Gasteiger partial charge >= 0.3 is 0 Å². The van der Waals surface area contributed by atoms with Crippen LogP contribution in [-0.2, 0) is 6.54 Å². The standard InChI is InChI=1S/C12H15N5O/c1-17(2)8-10-7-11(16-15-10)14-12(18)9-3-5-13-6-4-9/h3-7H,8H2,1-2H3,(H2,14,15,16,18). The van der Waals surface area contributed by atoms with Crippen molar-refractivity contribution in [2.24, 2.45) is 0 Å². The minimum atomic E-state index is -0.194. The molecule has 18 heavy (non-hydrogen) atoms. The molecule has 0 aromatic carbocycles. The molecule has 2 heterocycles. The van der Waals surface area contributed by atoms with Crippen LogP contribution < -0.4 is 5.32 Å². The third-order valence-electron chi connectivity index (χ3n) is 2.30. The highest BCUT2D eigenvalue weighted by atomic mass is 16.1. The maximum atomic E-state index is 11.8. The highest BCUT2D eigenvalue weighted by molar-refractivity contribution is 6.03. The first kappa shape index (κ1) is 12.3. The van der Waals surface area contributed by atoms with E-state index in [1.54, 1.807) is 24.5 Å².